The molecule has 0 spiro atoms. The summed E-state index contributed by atoms with van der Waals surface area (Å²) in [5.41, 5.74) is -1.01. The maximum atomic E-state index is 13.6. The van der Waals surface area contributed by atoms with E-state index in [1.54, 1.807) is 0 Å². The zero-order valence-electron chi connectivity index (χ0n) is 11.6. The molecule has 0 aliphatic heterocycles. The Balaban J connectivity index is 3.27. The van der Waals surface area contributed by atoms with Crippen LogP contribution in [0.1, 0.15) is 25.3 Å². The lowest BCUT2D eigenvalue weighted by molar-refractivity contribution is -0.387. The molecule has 8 heteroatoms. The van der Waals surface area contributed by atoms with Crippen molar-refractivity contribution in [3.05, 3.63) is 33.6 Å². The Morgan fingerprint density at radius 1 is 1.52 bits per heavy atom. The largest absolute Gasteiger partial charge is 0.306 e. The Bertz CT molecular complexity index is 695. The zero-order valence-corrected chi connectivity index (χ0v) is 12.4. The van der Waals surface area contributed by atoms with Gasteiger partial charge in [0, 0.05) is 6.07 Å². The number of sulfonamides is 1. The maximum Gasteiger partial charge on any atom is 0.306 e. The Kier molecular flexibility index (Phi) is 5.41. The Hall–Kier alpha value is -1.98. The first kappa shape index (κ1) is 17.1. The van der Waals surface area contributed by atoms with Gasteiger partial charge in [-0.15, -0.1) is 6.42 Å². The Morgan fingerprint density at radius 2 is 2.14 bits per heavy atom. The molecule has 0 heterocycles. The summed E-state index contributed by atoms with van der Waals surface area (Å²) in [6.45, 7) is 3.09. The van der Waals surface area contributed by atoms with Crippen molar-refractivity contribution in [2.45, 2.75) is 37.6 Å². The van der Waals surface area contributed by atoms with E-state index in [0.717, 1.165) is 6.07 Å². The highest BCUT2D eigenvalue weighted by Crippen LogP contribution is 2.25. The van der Waals surface area contributed by atoms with Gasteiger partial charge < -0.3 is 0 Å². The lowest BCUT2D eigenvalue weighted by Crippen LogP contribution is -2.33. The summed E-state index contributed by atoms with van der Waals surface area (Å²) in [6.07, 6.45) is 6.33. The quantitative estimate of drug-likeness (QED) is 0.495. The number of nitrogens with one attached hydrogen (secondary N) is 1. The fourth-order valence-corrected chi connectivity index (χ4v) is 3.02. The van der Waals surface area contributed by atoms with Crippen LogP contribution in [0.2, 0.25) is 0 Å². The second kappa shape index (κ2) is 6.65. The van der Waals surface area contributed by atoms with Crippen LogP contribution in [0.15, 0.2) is 17.0 Å². The number of nitrogens with zero attached hydrogens (tertiary/aromatic N) is 1. The zero-order chi connectivity index (χ0) is 16.2. The van der Waals surface area contributed by atoms with Crippen LogP contribution in [0, 0.1) is 35.2 Å². The van der Waals surface area contributed by atoms with Crippen LogP contribution >= 0.6 is 0 Å². The highest BCUT2D eigenvalue weighted by atomic mass is 32.2. The minimum Gasteiger partial charge on any atom is -0.258 e. The summed E-state index contributed by atoms with van der Waals surface area (Å²) in [5, 5.41) is 10.8. The molecular weight excluding hydrogens is 299 g/mol. The smallest absolute Gasteiger partial charge is 0.258 e. The monoisotopic (exact) mass is 314 g/mol. The van der Waals surface area contributed by atoms with Crippen LogP contribution in [0.4, 0.5) is 10.1 Å². The van der Waals surface area contributed by atoms with Crippen molar-refractivity contribution in [3.63, 3.8) is 0 Å². The van der Waals surface area contributed by atoms with Crippen molar-refractivity contribution in [2.24, 2.45) is 0 Å². The van der Waals surface area contributed by atoms with Gasteiger partial charge >= 0.3 is 5.69 Å². The molecular formula is C13H15FN2O4S. The van der Waals surface area contributed by atoms with Crippen LogP contribution in [0.5, 0.6) is 0 Å². The van der Waals surface area contributed by atoms with Crippen molar-refractivity contribution >= 4 is 15.7 Å². The minimum absolute atomic E-state index is 0.127. The average Bonchev–Trinajstić information content (AvgIpc) is 2.40. The van der Waals surface area contributed by atoms with Gasteiger partial charge in [0.2, 0.25) is 15.8 Å². The van der Waals surface area contributed by atoms with Crippen LogP contribution in [0.25, 0.3) is 0 Å². The third-order valence-electron chi connectivity index (χ3n) is 2.79. The first-order valence-electron chi connectivity index (χ1n) is 6.16. The second-order valence-electron chi connectivity index (χ2n) is 4.46. The normalized spacial score (nSPS) is 12.7. The number of halogens is 1. The molecule has 0 aromatic heterocycles. The highest BCUT2D eigenvalue weighted by molar-refractivity contribution is 7.89. The van der Waals surface area contributed by atoms with Gasteiger partial charge in [-0.2, -0.15) is 9.11 Å². The topological polar surface area (TPSA) is 89.3 Å². The lowest BCUT2D eigenvalue weighted by atomic mass is 10.2. The molecule has 6 nitrogen and oxygen atoms in total. The molecule has 21 heavy (non-hydrogen) atoms. The van der Waals surface area contributed by atoms with Crippen LogP contribution in [0.3, 0.4) is 0 Å². The summed E-state index contributed by atoms with van der Waals surface area (Å²) in [5.74, 6) is 1.24. The van der Waals surface area contributed by atoms with Gasteiger partial charge in [-0.25, -0.2) is 8.42 Å². The van der Waals surface area contributed by atoms with Gasteiger partial charge in [0.1, 0.15) is 0 Å². The fourth-order valence-electron chi connectivity index (χ4n) is 1.73. The molecule has 0 fully saturated rings. The van der Waals surface area contributed by atoms with Gasteiger partial charge in [-0.05, 0) is 25.0 Å². The molecule has 1 aromatic carbocycles. The second-order valence-corrected chi connectivity index (χ2v) is 6.17. The van der Waals surface area contributed by atoms with E-state index in [2.05, 4.69) is 10.6 Å². The van der Waals surface area contributed by atoms with E-state index in [-0.39, 0.29) is 10.5 Å². The molecule has 0 amide bonds. The van der Waals surface area contributed by atoms with Crippen molar-refractivity contribution in [1.82, 2.24) is 4.72 Å². The number of terminal acetylenes is 1. The van der Waals surface area contributed by atoms with Gasteiger partial charge in [-0.3, -0.25) is 10.1 Å². The molecule has 0 radical (unpaired) electrons. The van der Waals surface area contributed by atoms with Gasteiger partial charge in [-0.1, -0.05) is 19.3 Å². The van der Waals surface area contributed by atoms with Crippen LogP contribution in [-0.2, 0) is 10.0 Å². The summed E-state index contributed by atoms with van der Waals surface area (Å²) < 4.78 is 40.2. The van der Waals surface area contributed by atoms with Gasteiger partial charge in [0.15, 0.2) is 0 Å². The number of hydrogen-bond donors (Lipinski definition) is 1. The summed E-state index contributed by atoms with van der Waals surface area (Å²) in [6, 6.07) is 0.999. The Morgan fingerprint density at radius 3 is 2.62 bits per heavy atom. The molecule has 1 N–H and O–H groups in total. The summed E-state index contributed by atoms with van der Waals surface area (Å²) in [7, 11) is -4.05. The number of rotatable bonds is 6. The third-order valence-corrected chi connectivity index (χ3v) is 4.24. The summed E-state index contributed by atoms with van der Waals surface area (Å²) >= 11 is 0. The van der Waals surface area contributed by atoms with Gasteiger partial charge in [0.25, 0.3) is 0 Å². The first-order chi connectivity index (χ1) is 9.72. The van der Waals surface area contributed by atoms with Crippen molar-refractivity contribution in [3.8, 4) is 12.3 Å². The predicted molar refractivity (Wildman–Crippen MR) is 75.6 cm³/mol. The molecule has 1 aromatic rings. The SMILES string of the molecule is C#CC(CCC)NS(=O)(=O)c1cc(C)c(F)c([N+](=O)[O-])c1. The van der Waals surface area contributed by atoms with E-state index >= 15 is 0 Å². The highest BCUT2D eigenvalue weighted by Gasteiger charge is 2.25. The van der Waals surface area contributed by atoms with Crippen LogP contribution < -0.4 is 4.72 Å². The predicted octanol–water partition coefficient (Wildman–Crippen LogP) is 2.12. The number of nitro groups is 1. The van der Waals surface area contributed by atoms with E-state index in [1.807, 2.05) is 6.92 Å². The number of nitro benzene ring substituents is 1. The van der Waals surface area contributed by atoms with Crippen molar-refractivity contribution in [1.29, 1.82) is 0 Å². The van der Waals surface area contributed by atoms with Crippen LogP contribution in [-0.4, -0.2) is 19.4 Å². The van der Waals surface area contributed by atoms with E-state index in [4.69, 9.17) is 6.42 Å². The minimum atomic E-state index is -4.05. The molecule has 0 saturated heterocycles. The van der Waals surface area contributed by atoms with Crippen molar-refractivity contribution < 1.29 is 17.7 Å². The first-order valence-corrected chi connectivity index (χ1v) is 7.64. The average molecular weight is 314 g/mol. The molecule has 1 rings (SSSR count). The van der Waals surface area contributed by atoms with Crippen molar-refractivity contribution in [2.75, 3.05) is 0 Å². The molecule has 1 unspecified atom stereocenters. The molecule has 0 aliphatic rings. The number of benzene rings is 1. The van der Waals surface area contributed by atoms with E-state index in [9.17, 15) is 22.9 Å². The lowest BCUT2D eigenvalue weighted by Gasteiger charge is -2.13. The fraction of sp³-hybridized carbons (Fsp3) is 0.385. The number of aryl methyl sites for hydroxylation is 1. The standard InChI is InChI=1S/C13H15FN2O4S/c1-4-6-10(5-2)15-21(19,20)11-7-9(3)13(14)12(8-11)16(17)18/h2,7-8,10,15H,4,6H2,1,3H3. The Labute approximate surface area is 122 Å². The molecule has 114 valence electrons. The molecule has 0 aliphatic carbocycles. The molecule has 0 bridgehead atoms. The van der Waals surface area contributed by atoms with E-state index < -0.39 is 32.5 Å². The third kappa shape index (κ3) is 4.00. The molecule has 1 atom stereocenters. The van der Waals surface area contributed by atoms with E-state index in [1.165, 1.54) is 6.92 Å². The van der Waals surface area contributed by atoms with Gasteiger partial charge in [0.05, 0.1) is 15.9 Å². The number of hydrogen-bond acceptors (Lipinski definition) is 4. The molecule has 0 saturated carbocycles. The summed E-state index contributed by atoms with van der Waals surface area (Å²) in [4.78, 5) is 9.40. The maximum absolute atomic E-state index is 13.6. The van der Waals surface area contributed by atoms with E-state index in [0.29, 0.717) is 18.9 Å².